The van der Waals surface area contributed by atoms with Gasteiger partial charge in [0.2, 0.25) is 10.0 Å². The maximum absolute atomic E-state index is 13.6. The van der Waals surface area contributed by atoms with E-state index in [4.69, 9.17) is 9.84 Å². The fourth-order valence-corrected chi connectivity index (χ4v) is 2.83. The lowest BCUT2D eigenvalue weighted by Crippen LogP contribution is -2.26. The Morgan fingerprint density at radius 3 is 2.71 bits per heavy atom. The number of aliphatic hydroxyl groups is 1. The number of benzene rings is 1. The minimum absolute atomic E-state index is 0.170. The van der Waals surface area contributed by atoms with E-state index in [9.17, 15) is 12.8 Å². The van der Waals surface area contributed by atoms with Crippen LogP contribution in [0.3, 0.4) is 0 Å². The third-order valence-electron chi connectivity index (χ3n) is 2.68. The highest BCUT2D eigenvalue weighted by molar-refractivity contribution is 7.89. The molecule has 1 aromatic rings. The highest BCUT2D eigenvalue weighted by Gasteiger charge is 2.18. The van der Waals surface area contributed by atoms with Crippen LogP contribution in [-0.2, 0) is 21.4 Å². The third-order valence-corrected chi connectivity index (χ3v) is 4.15. The second-order valence-corrected chi connectivity index (χ2v) is 6.88. The van der Waals surface area contributed by atoms with Gasteiger partial charge in [-0.1, -0.05) is 19.9 Å². The minimum atomic E-state index is -3.92. The lowest BCUT2D eigenvalue weighted by Gasteiger charge is -2.10. The van der Waals surface area contributed by atoms with E-state index in [0.29, 0.717) is 31.1 Å². The first kappa shape index (κ1) is 18.0. The maximum atomic E-state index is 13.6. The summed E-state index contributed by atoms with van der Waals surface area (Å²) in [7, 11) is -3.92. The quantitative estimate of drug-likeness (QED) is 0.679. The van der Waals surface area contributed by atoms with Crippen molar-refractivity contribution in [1.82, 2.24) is 4.72 Å². The van der Waals surface area contributed by atoms with Crippen LogP contribution in [0.1, 0.15) is 25.8 Å². The van der Waals surface area contributed by atoms with Crippen molar-refractivity contribution in [3.8, 4) is 0 Å². The first-order valence-corrected chi connectivity index (χ1v) is 8.32. The normalized spacial score (nSPS) is 12.0. The monoisotopic (exact) mass is 319 g/mol. The van der Waals surface area contributed by atoms with Crippen molar-refractivity contribution in [3.05, 3.63) is 29.6 Å². The average molecular weight is 319 g/mol. The summed E-state index contributed by atoms with van der Waals surface area (Å²) >= 11 is 0. The Bertz CT molecular complexity index is 546. The fourth-order valence-electron chi connectivity index (χ4n) is 1.63. The standard InChI is InChI=1S/C14H22FNO4S/c1-11(2)10-20-7-3-6-16-21(18,19)14-8-12(9-17)4-5-13(14)15/h4-5,8,11,16-17H,3,6-7,9-10H2,1-2H3. The molecule has 0 saturated heterocycles. The van der Waals surface area contributed by atoms with E-state index in [1.54, 1.807) is 0 Å². The fraction of sp³-hybridized carbons (Fsp3) is 0.571. The SMILES string of the molecule is CC(C)COCCCNS(=O)(=O)c1cc(CO)ccc1F. The summed E-state index contributed by atoms with van der Waals surface area (Å²) < 4.78 is 45.2. The summed E-state index contributed by atoms with van der Waals surface area (Å²) in [6.45, 7) is 4.95. The summed E-state index contributed by atoms with van der Waals surface area (Å²) in [5.74, 6) is -0.409. The first-order valence-electron chi connectivity index (χ1n) is 6.83. The Balaban J connectivity index is 2.54. The first-order chi connectivity index (χ1) is 9.86. The van der Waals surface area contributed by atoms with E-state index < -0.39 is 20.7 Å². The van der Waals surface area contributed by atoms with Crippen molar-refractivity contribution in [2.45, 2.75) is 31.8 Å². The van der Waals surface area contributed by atoms with Gasteiger partial charge in [0.1, 0.15) is 10.7 Å². The summed E-state index contributed by atoms with van der Waals surface area (Å²) in [5.41, 5.74) is 0.344. The van der Waals surface area contributed by atoms with Crippen molar-refractivity contribution in [1.29, 1.82) is 0 Å². The van der Waals surface area contributed by atoms with Crippen molar-refractivity contribution >= 4 is 10.0 Å². The maximum Gasteiger partial charge on any atom is 0.243 e. The molecule has 0 aliphatic carbocycles. The lowest BCUT2D eigenvalue weighted by atomic mass is 10.2. The third kappa shape index (κ3) is 6.09. The van der Waals surface area contributed by atoms with Gasteiger partial charge in [-0.25, -0.2) is 17.5 Å². The van der Waals surface area contributed by atoms with Crippen molar-refractivity contribution in [2.75, 3.05) is 19.8 Å². The molecule has 0 spiro atoms. The van der Waals surface area contributed by atoms with E-state index in [-0.39, 0.29) is 13.2 Å². The topological polar surface area (TPSA) is 75.6 Å². The molecule has 21 heavy (non-hydrogen) atoms. The molecule has 5 nitrogen and oxygen atoms in total. The molecule has 2 N–H and O–H groups in total. The Morgan fingerprint density at radius 1 is 1.38 bits per heavy atom. The highest BCUT2D eigenvalue weighted by atomic mass is 32.2. The van der Waals surface area contributed by atoms with Crippen molar-refractivity contribution in [2.24, 2.45) is 5.92 Å². The van der Waals surface area contributed by atoms with Gasteiger partial charge in [0, 0.05) is 19.8 Å². The van der Waals surface area contributed by atoms with Crippen LogP contribution in [0, 0.1) is 11.7 Å². The van der Waals surface area contributed by atoms with Crippen LogP contribution >= 0.6 is 0 Å². The lowest BCUT2D eigenvalue weighted by molar-refractivity contribution is 0.108. The molecule has 0 radical (unpaired) electrons. The van der Waals surface area contributed by atoms with Gasteiger partial charge in [-0.3, -0.25) is 0 Å². The molecular weight excluding hydrogens is 297 g/mol. The van der Waals surface area contributed by atoms with Crippen LogP contribution in [0.25, 0.3) is 0 Å². The molecule has 0 heterocycles. The molecule has 0 amide bonds. The van der Waals surface area contributed by atoms with Gasteiger partial charge in [0.15, 0.2) is 0 Å². The van der Waals surface area contributed by atoms with Gasteiger partial charge < -0.3 is 9.84 Å². The summed E-state index contributed by atoms with van der Waals surface area (Å²) in [4.78, 5) is -0.447. The molecule has 0 atom stereocenters. The molecule has 1 rings (SSSR count). The summed E-state index contributed by atoms with van der Waals surface area (Å²) in [5, 5.41) is 8.98. The second-order valence-electron chi connectivity index (χ2n) is 5.14. The van der Waals surface area contributed by atoms with Gasteiger partial charge in [-0.15, -0.1) is 0 Å². The number of hydrogen-bond donors (Lipinski definition) is 2. The Labute approximate surface area is 125 Å². The molecule has 0 aliphatic rings. The minimum Gasteiger partial charge on any atom is -0.392 e. The molecule has 7 heteroatoms. The van der Waals surface area contributed by atoms with Gasteiger partial charge in [-0.05, 0) is 30.0 Å². The molecule has 0 fully saturated rings. The Morgan fingerprint density at radius 2 is 2.10 bits per heavy atom. The van der Waals surface area contributed by atoms with Gasteiger partial charge in [0.05, 0.1) is 6.61 Å². The average Bonchev–Trinajstić information content (AvgIpc) is 2.42. The van der Waals surface area contributed by atoms with E-state index in [0.717, 1.165) is 12.1 Å². The van der Waals surface area contributed by atoms with Gasteiger partial charge >= 0.3 is 0 Å². The van der Waals surface area contributed by atoms with E-state index >= 15 is 0 Å². The molecule has 0 saturated carbocycles. The van der Waals surface area contributed by atoms with Crippen LogP contribution in [0.2, 0.25) is 0 Å². The Hall–Kier alpha value is -1.02. The van der Waals surface area contributed by atoms with Crippen LogP contribution in [0.5, 0.6) is 0 Å². The predicted molar refractivity (Wildman–Crippen MR) is 77.8 cm³/mol. The van der Waals surface area contributed by atoms with Gasteiger partial charge in [-0.2, -0.15) is 0 Å². The molecular formula is C14H22FNO4S. The predicted octanol–water partition coefficient (Wildman–Crippen LogP) is 1.66. The number of sulfonamides is 1. The zero-order valence-corrected chi connectivity index (χ0v) is 13.1. The van der Waals surface area contributed by atoms with Crippen LogP contribution < -0.4 is 4.72 Å². The number of aliphatic hydroxyl groups excluding tert-OH is 1. The molecule has 1 aromatic carbocycles. The largest absolute Gasteiger partial charge is 0.392 e. The van der Waals surface area contributed by atoms with Crippen LogP contribution in [-0.4, -0.2) is 33.3 Å². The number of rotatable bonds is 9. The van der Waals surface area contributed by atoms with Crippen LogP contribution in [0.4, 0.5) is 4.39 Å². The van der Waals surface area contributed by atoms with E-state index in [1.807, 2.05) is 13.8 Å². The number of ether oxygens (including phenoxy) is 1. The van der Waals surface area contributed by atoms with Crippen molar-refractivity contribution in [3.63, 3.8) is 0 Å². The number of halogens is 1. The van der Waals surface area contributed by atoms with Gasteiger partial charge in [0.25, 0.3) is 0 Å². The molecule has 0 aromatic heterocycles. The van der Waals surface area contributed by atoms with E-state index in [1.165, 1.54) is 6.07 Å². The molecule has 0 unspecified atom stereocenters. The zero-order chi connectivity index (χ0) is 15.9. The zero-order valence-electron chi connectivity index (χ0n) is 12.3. The number of hydrogen-bond acceptors (Lipinski definition) is 4. The molecule has 0 bridgehead atoms. The van der Waals surface area contributed by atoms with Crippen LogP contribution in [0.15, 0.2) is 23.1 Å². The highest BCUT2D eigenvalue weighted by Crippen LogP contribution is 2.16. The second kappa shape index (κ2) is 8.43. The van der Waals surface area contributed by atoms with E-state index in [2.05, 4.69) is 4.72 Å². The molecule has 0 aliphatic heterocycles. The smallest absolute Gasteiger partial charge is 0.243 e. The number of nitrogens with one attached hydrogen (secondary N) is 1. The summed E-state index contributed by atoms with van der Waals surface area (Å²) in [6.07, 6.45) is 0.507. The summed E-state index contributed by atoms with van der Waals surface area (Å²) in [6, 6.07) is 3.51. The molecule has 120 valence electrons. The Kier molecular flexibility index (Phi) is 7.24. The van der Waals surface area contributed by atoms with Crippen molar-refractivity contribution < 1.29 is 22.7 Å².